The second kappa shape index (κ2) is 8.31. The maximum atomic E-state index is 13.5. The summed E-state index contributed by atoms with van der Waals surface area (Å²) in [6.07, 6.45) is 1.86. The van der Waals surface area contributed by atoms with Gasteiger partial charge in [-0.05, 0) is 52.0 Å². The lowest BCUT2D eigenvalue weighted by Gasteiger charge is -2.25. The molecule has 1 saturated carbocycles. The predicted molar refractivity (Wildman–Crippen MR) is 124 cm³/mol. The van der Waals surface area contributed by atoms with Gasteiger partial charge in [0.05, 0.1) is 24.1 Å². The van der Waals surface area contributed by atoms with E-state index in [2.05, 4.69) is 15.0 Å². The van der Waals surface area contributed by atoms with Crippen LogP contribution in [0.3, 0.4) is 0 Å². The SMILES string of the molecule is CC1(C)O[C@@H]2[C@H](COc3cc(C(F)(F)F)nc4c3CCCC4)C[C@@H](n3ccc4c(N)ncnc43)[C@@H]2O1. The second-order valence-corrected chi connectivity index (χ2v) is 10.3. The number of nitrogen functional groups attached to an aromatic ring is 1. The van der Waals surface area contributed by atoms with Crippen molar-refractivity contribution >= 4 is 16.9 Å². The van der Waals surface area contributed by atoms with E-state index in [1.165, 1.54) is 6.33 Å². The van der Waals surface area contributed by atoms with E-state index in [4.69, 9.17) is 19.9 Å². The van der Waals surface area contributed by atoms with E-state index in [0.717, 1.165) is 29.9 Å². The van der Waals surface area contributed by atoms with Crippen molar-refractivity contribution in [2.45, 2.75) is 76.2 Å². The summed E-state index contributed by atoms with van der Waals surface area (Å²) >= 11 is 0. The molecule has 4 heterocycles. The highest BCUT2D eigenvalue weighted by Gasteiger charge is 2.55. The molecule has 0 aromatic carbocycles. The van der Waals surface area contributed by atoms with Gasteiger partial charge in [-0.3, -0.25) is 0 Å². The average molecular weight is 504 g/mol. The molecule has 1 saturated heterocycles. The maximum Gasteiger partial charge on any atom is 0.433 e. The van der Waals surface area contributed by atoms with Crippen LogP contribution in [0.2, 0.25) is 0 Å². The number of hydrogen-bond acceptors (Lipinski definition) is 7. The number of fused-ring (bicyclic) bond motifs is 3. The zero-order valence-electron chi connectivity index (χ0n) is 20.1. The molecule has 0 spiro atoms. The molecule has 2 aliphatic carbocycles. The van der Waals surface area contributed by atoms with Gasteiger partial charge in [0.15, 0.2) is 5.79 Å². The van der Waals surface area contributed by atoms with Crippen molar-refractivity contribution < 1.29 is 27.4 Å². The molecule has 0 amide bonds. The summed E-state index contributed by atoms with van der Waals surface area (Å²) in [6, 6.07) is 2.82. The van der Waals surface area contributed by atoms with Crippen LogP contribution in [0.1, 0.15) is 56.1 Å². The number of nitrogens with zero attached hydrogens (tertiary/aromatic N) is 4. The highest BCUT2D eigenvalue weighted by molar-refractivity contribution is 5.86. The fraction of sp³-hybridized carbons (Fsp3) is 0.560. The summed E-state index contributed by atoms with van der Waals surface area (Å²) in [4.78, 5) is 12.4. The molecule has 0 bridgehead atoms. The van der Waals surface area contributed by atoms with E-state index in [1.54, 1.807) is 0 Å². The van der Waals surface area contributed by atoms with Crippen LogP contribution in [0.25, 0.3) is 11.0 Å². The summed E-state index contributed by atoms with van der Waals surface area (Å²) in [6.45, 7) is 3.94. The molecule has 2 N–H and O–H groups in total. The Hall–Kier alpha value is -2.92. The second-order valence-electron chi connectivity index (χ2n) is 10.3. The number of halogens is 3. The first-order valence-corrected chi connectivity index (χ1v) is 12.3. The van der Waals surface area contributed by atoms with Crippen molar-refractivity contribution in [1.29, 1.82) is 0 Å². The van der Waals surface area contributed by atoms with Crippen LogP contribution in [0.5, 0.6) is 5.75 Å². The Labute approximate surface area is 206 Å². The van der Waals surface area contributed by atoms with Crippen LogP contribution in [0.4, 0.5) is 19.0 Å². The van der Waals surface area contributed by atoms with Crippen molar-refractivity contribution in [2.24, 2.45) is 5.92 Å². The zero-order valence-corrected chi connectivity index (χ0v) is 20.1. The number of anilines is 1. The van der Waals surface area contributed by atoms with Crippen LogP contribution >= 0.6 is 0 Å². The van der Waals surface area contributed by atoms with Gasteiger partial charge in [-0.2, -0.15) is 13.2 Å². The number of ether oxygens (including phenoxy) is 3. The Morgan fingerprint density at radius 3 is 2.75 bits per heavy atom. The number of alkyl halides is 3. The van der Waals surface area contributed by atoms with Gasteiger partial charge < -0.3 is 24.5 Å². The molecule has 3 aromatic rings. The number of aryl methyl sites for hydroxylation is 1. The van der Waals surface area contributed by atoms with Gasteiger partial charge in [0.1, 0.15) is 35.3 Å². The third kappa shape index (κ3) is 3.98. The summed E-state index contributed by atoms with van der Waals surface area (Å²) in [7, 11) is 0. The molecule has 8 nitrogen and oxygen atoms in total. The Morgan fingerprint density at radius 2 is 1.94 bits per heavy atom. The molecule has 11 heteroatoms. The molecule has 1 aliphatic heterocycles. The first kappa shape index (κ1) is 23.5. The van der Waals surface area contributed by atoms with E-state index < -0.39 is 17.7 Å². The van der Waals surface area contributed by atoms with Gasteiger partial charge in [0.2, 0.25) is 0 Å². The van der Waals surface area contributed by atoms with Gasteiger partial charge in [-0.15, -0.1) is 0 Å². The smallest absolute Gasteiger partial charge is 0.433 e. The minimum Gasteiger partial charge on any atom is -0.493 e. The molecule has 2 fully saturated rings. The fourth-order valence-corrected chi connectivity index (χ4v) is 5.89. The minimum absolute atomic E-state index is 0.0971. The Balaban J connectivity index is 1.30. The molecule has 4 atom stereocenters. The fourth-order valence-electron chi connectivity index (χ4n) is 5.89. The quantitative estimate of drug-likeness (QED) is 0.561. The van der Waals surface area contributed by atoms with Crippen molar-refractivity contribution in [2.75, 3.05) is 12.3 Å². The van der Waals surface area contributed by atoms with Gasteiger partial charge in [-0.25, -0.2) is 15.0 Å². The van der Waals surface area contributed by atoms with Gasteiger partial charge >= 0.3 is 6.18 Å². The number of rotatable bonds is 4. The van der Waals surface area contributed by atoms with Crippen LogP contribution in [-0.4, -0.2) is 44.1 Å². The van der Waals surface area contributed by atoms with E-state index in [0.29, 0.717) is 36.4 Å². The van der Waals surface area contributed by atoms with E-state index >= 15 is 0 Å². The van der Waals surface area contributed by atoms with Crippen LogP contribution in [0, 0.1) is 5.92 Å². The topological polar surface area (TPSA) is 97.3 Å². The summed E-state index contributed by atoms with van der Waals surface area (Å²) in [5.41, 5.74) is 7.11. The lowest BCUT2D eigenvalue weighted by molar-refractivity contribution is -0.161. The minimum atomic E-state index is -4.53. The van der Waals surface area contributed by atoms with E-state index in [1.807, 2.05) is 30.7 Å². The van der Waals surface area contributed by atoms with E-state index in [9.17, 15) is 13.2 Å². The molecule has 0 radical (unpaired) electrons. The highest BCUT2D eigenvalue weighted by atomic mass is 19.4. The normalized spacial score (nSPS) is 27.2. The van der Waals surface area contributed by atoms with Gasteiger partial charge in [0.25, 0.3) is 0 Å². The number of nitrogens with two attached hydrogens (primary N) is 1. The third-order valence-electron chi connectivity index (χ3n) is 7.45. The van der Waals surface area contributed by atoms with Crippen molar-refractivity contribution in [1.82, 2.24) is 19.5 Å². The average Bonchev–Trinajstić information content (AvgIpc) is 3.48. The summed E-state index contributed by atoms with van der Waals surface area (Å²) < 4.78 is 61.3. The first-order valence-electron chi connectivity index (χ1n) is 12.3. The molecule has 36 heavy (non-hydrogen) atoms. The Kier molecular flexibility index (Phi) is 5.42. The zero-order chi connectivity index (χ0) is 25.2. The van der Waals surface area contributed by atoms with Crippen molar-refractivity contribution in [3.8, 4) is 5.75 Å². The van der Waals surface area contributed by atoms with Crippen LogP contribution in [-0.2, 0) is 28.5 Å². The lowest BCUT2D eigenvalue weighted by Crippen LogP contribution is -2.29. The third-order valence-corrected chi connectivity index (χ3v) is 7.45. The monoisotopic (exact) mass is 503 g/mol. The lowest BCUT2D eigenvalue weighted by atomic mass is 9.94. The molecule has 192 valence electrons. The Morgan fingerprint density at radius 1 is 1.17 bits per heavy atom. The van der Waals surface area contributed by atoms with Crippen LogP contribution < -0.4 is 10.5 Å². The molecule has 3 aromatic heterocycles. The standard InChI is InChI=1S/C25H28F3N5O3/c1-24(2)35-20-13(9-17(21(20)36-24)33-8-7-15-22(29)30-12-31-23(15)33)11-34-18-10-19(25(26,27)28)32-16-6-4-3-5-14(16)18/h7-8,10,12-13,17,20-21H,3-6,9,11H2,1-2H3,(H2,29,30,31)/t13-,17+,20+,21-/m0/s1. The van der Waals surface area contributed by atoms with Crippen LogP contribution in [0.15, 0.2) is 24.7 Å². The summed E-state index contributed by atoms with van der Waals surface area (Å²) in [5, 5.41) is 0.759. The van der Waals surface area contributed by atoms with Crippen molar-refractivity contribution in [3.63, 3.8) is 0 Å². The summed E-state index contributed by atoms with van der Waals surface area (Å²) in [5.74, 6) is -0.208. The van der Waals surface area contributed by atoms with Gasteiger partial charge in [-0.1, -0.05) is 0 Å². The first-order chi connectivity index (χ1) is 17.1. The molecule has 6 rings (SSSR count). The molecule has 3 aliphatic rings. The largest absolute Gasteiger partial charge is 0.493 e. The van der Waals surface area contributed by atoms with Gasteiger partial charge in [0, 0.05) is 29.4 Å². The number of aromatic nitrogens is 4. The highest BCUT2D eigenvalue weighted by Crippen LogP contribution is 2.48. The molecular formula is C25H28F3N5O3. The number of pyridine rings is 1. The maximum absolute atomic E-state index is 13.5. The van der Waals surface area contributed by atoms with Crippen molar-refractivity contribution in [3.05, 3.63) is 41.6 Å². The molecule has 0 unspecified atom stereocenters. The number of hydrogen-bond donors (Lipinski definition) is 1. The predicted octanol–water partition coefficient (Wildman–Crippen LogP) is 4.47. The van der Waals surface area contributed by atoms with E-state index in [-0.39, 0.29) is 36.5 Å². The molecular weight excluding hydrogens is 475 g/mol. The Bertz CT molecular complexity index is 1310.